The van der Waals surface area contributed by atoms with Crippen LogP contribution in [0.5, 0.6) is 0 Å². The van der Waals surface area contributed by atoms with Crippen molar-refractivity contribution in [3.05, 3.63) is 17.0 Å². The van der Waals surface area contributed by atoms with Crippen LogP contribution in [0.25, 0.3) is 10.9 Å². The molecule has 0 saturated carbocycles. The summed E-state index contributed by atoms with van der Waals surface area (Å²) < 4.78 is 0. The van der Waals surface area contributed by atoms with Crippen LogP contribution < -0.4 is 0 Å². The summed E-state index contributed by atoms with van der Waals surface area (Å²) in [6, 6.07) is 0. The molecule has 0 radical (unpaired) electrons. The second-order valence-electron chi connectivity index (χ2n) is 2.24. The maximum absolute atomic E-state index is 5.77. The van der Waals surface area contributed by atoms with Gasteiger partial charge in [0, 0.05) is 5.69 Å². The van der Waals surface area contributed by atoms with E-state index in [0.717, 1.165) is 16.6 Å². The van der Waals surface area contributed by atoms with Crippen LogP contribution in [0.1, 0.15) is 5.69 Å². The predicted molar refractivity (Wildman–Crippen MR) is 41.4 cm³/mol. The minimum Gasteiger partial charge on any atom is -0.281 e. The third kappa shape index (κ3) is 0.867. The molecule has 0 spiro atoms. The lowest BCUT2D eigenvalue weighted by atomic mass is 10.3. The molecule has 0 aromatic carbocycles. The molecule has 0 aliphatic heterocycles. The van der Waals surface area contributed by atoms with Crippen molar-refractivity contribution in [3.8, 4) is 0 Å². The molecule has 0 saturated heterocycles. The zero-order valence-electron chi connectivity index (χ0n) is 5.80. The van der Waals surface area contributed by atoms with Crippen molar-refractivity contribution in [2.75, 3.05) is 0 Å². The molecule has 0 bridgehead atoms. The Balaban J connectivity index is 2.96. The van der Waals surface area contributed by atoms with E-state index in [4.69, 9.17) is 11.6 Å². The van der Waals surface area contributed by atoms with E-state index in [1.54, 1.807) is 6.20 Å². The summed E-state index contributed by atoms with van der Waals surface area (Å²) in [7, 11) is 0. The van der Waals surface area contributed by atoms with Gasteiger partial charge >= 0.3 is 0 Å². The normalized spacial score (nSPS) is 10.7. The lowest BCUT2D eigenvalue weighted by Crippen LogP contribution is -1.81. The molecule has 1 N–H and O–H groups in total. The van der Waals surface area contributed by atoms with Crippen molar-refractivity contribution in [2.24, 2.45) is 0 Å². The number of H-pyrrole nitrogens is 1. The summed E-state index contributed by atoms with van der Waals surface area (Å²) in [5.41, 5.74) is 1.67. The molecule has 0 unspecified atom stereocenters. The SMILES string of the molecule is Cc1[nH]nc2cnnc(Cl)c12. The number of hydrogen-bond acceptors (Lipinski definition) is 3. The summed E-state index contributed by atoms with van der Waals surface area (Å²) >= 11 is 5.77. The van der Waals surface area contributed by atoms with Crippen LogP contribution in [0.3, 0.4) is 0 Å². The van der Waals surface area contributed by atoms with E-state index < -0.39 is 0 Å². The summed E-state index contributed by atoms with van der Waals surface area (Å²) in [6.07, 6.45) is 1.57. The fraction of sp³-hybridized carbons (Fsp3) is 0.167. The maximum Gasteiger partial charge on any atom is 0.162 e. The molecule has 4 nitrogen and oxygen atoms in total. The van der Waals surface area contributed by atoms with Gasteiger partial charge in [-0.25, -0.2) is 0 Å². The van der Waals surface area contributed by atoms with Crippen LogP contribution >= 0.6 is 11.6 Å². The summed E-state index contributed by atoms with van der Waals surface area (Å²) in [5, 5.41) is 15.4. The van der Waals surface area contributed by atoms with Gasteiger partial charge in [-0.1, -0.05) is 11.6 Å². The van der Waals surface area contributed by atoms with Crippen molar-refractivity contribution in [2.45, 2.75) is 6.92 Å². The molecule has 2 aromatic heterocycles. The van der Waals surface area contributed by atoms with E-state index >= 15 is 0 Å². The Hall–Kier alpha value is -1.16. The third-order valence-corrected chi connectivity index (χ3v) is 1.77. The Labute approximate surface area is 67.6 Å². The molecular weight excluding hydrogens is 164 g/mol. The van der Waals surface area contributed by atoms with Crippen molar-refractivity contribution in [1.29, 1.82) is 0 Å². The number of aromatic nitrogens is 4. The van der Waals surface area contributed by atoms with Crippen molar-refractivity contribution in [1.82, 2.24) is 20.4 Å². The zero-order valence-corrected chi connectivity index (χ0v) is 6.55. The lowest BCUT2D eigenvalue weighted by Gasteiger charge is -1.89. The molecule has 56 valence electrons. The minimum atomic E-state index is 0.397. The van der Waals surface area contributed by atoms with Gasteiger partial charge in [-0.15, -0.1) is 5.10 Å². The van der Waals surface area contributed by atoms with E-state index in [-0.39, 0.29) is 0 Å². The zero-order chi connectivity index (χ0) is 7.84. The highest BCUT2D eigenvalue weighted by molar-refractivity contribution is 6.34. The Kier molecular flexibility index (Phi) is 1.29. The number of fused-ring (bicyclic) bond motifs is 1. The Bertz CT molecular complexity index is 394. The van der Waals surface area contributed by atoms with Crippen molar-refractivity contribution in [3.63, 3.8) is 0 Å². The number of nitrogens with zero attached hydrogens (tertiary/aromatic N) is 3. The van der Waals surface area contributed by atoms with E-state index in [1.807, 2.05) is 6.92 Å². The molecular formula is C6H5ClN4. The van der Waals surface area contributed by atoms with Gasteiger partial charge in [0.15, 0.2) is 5.15 Å². The predicted octanol–water partition coefficient (Wildman–Crippen LogP) is 1.31. The second kappa shape index (κ2) is 2.17. The highest BCUT2D eigenvalue weighted by Gasteiger charge is 2.05. The second-order valence-corrected chi connectivity index (χ2v) is 2.60. The topological polar surface area (TPSA) is 54.5 Å². The van der Waals surface area contributed by atoms with Gasteiger partial charge in [0.1, 0.15) is 5.52 Å². The quantitative estimate of drug-likeness (QED) is 0.646. The smallest absolute Gasteiger partial charge is 0.162 e. The van der Waals surface area contributed by atoms with Gasteiger partial charge in [-0.3, -0.25) is 5.10 Å². The van der Waals surface area contributed by atoms with E-state index in [1.165, 1.54) is 0 Å². The van der Waals surface area contributed by atoms with Crippen LogP contribution in [0.15, 0.2) is 6.20 Å². The summed E-state index contributed by atoms with van der Waals surface area (Å²) in [6.45, 7) is 1.89. The largest absolute Gasteiger partial charge is 0.281 e. The molecule has 0 aliphatic carbocycles. The van der Waals surface area contributed by atoms with Crippen molar-refractivity contribution >= 4 is 22.5 Å². The summed E-state index contributed by atoms with van der Waals surface area (Å²) in [4.78, 5) is 0. The number of rotatable bonds is 0. The van der Waals surface area contributed by atoms with Gasteiger partial charge < -0.3 is 0 Å². The first-order chi connectivity index (χ1) is 5.29. The highest BCUT2D eigenvalue weighted by Crippen LogP contribution is 2.20. The minimum absolute atomic E-state index is 0.397. The summed E-state index contributed by atoms with van der Waals surface area (Å²) in [5.74, 6) is 0. The Morgan fingerprint density at radius 2 is 2.36 bits per heavy atom. The standard InChI is InChI=1S/C6H5ClN4/c1-3-5-4(10-9-3)2-8-11-6(5)7/h2H,1H3,(H,9,10). The van der Waals surface area contributed by atoms with E-state index in [0.29, 0.717) is 5.15 Å². The van der Waals surface area contributed by atoms with Gasteiger partial charge in [0.25, 0.3) is 0 Å². The highest BCUT2D eigenvalue weighted by atomic mass is 35.5. The van der Waals surface area contributed by atoms with Crippen LogP contribution in [-0.4, -0.2) is 20.4 Å². The number of halogens is 1. The molecule has 11 heavy (non-hydrogen) atoms. The van der Waals surface area contributed by atoms with Crippen molar-refractivity contribution < 1.29 is 0 Å². The molecule has 0 atom stereocenters. The lowest BCUT2D eigenvalue weighted by molar-refractivity contribution is 1.04. The average molecular weight is 169 g/mol. The molecule has 2 aromatic rings. The first-order valence-corrected chi connectivity index (χ1v) is 3.48. The fourth-order valence-corrected chi connectivity index (χ4v) is 1.27. The third-order valence-electron chi connectivity index (χ3n) is 1.51. The van der Waals surface area contributed by atoms with Gasteiger partial charge in [0.2, 0.25) is 0 Å². The van der Waals surface area contributed by atoms with Gasteiger partial charge in [-0.05, 0) is 6.92 Å². The number of hydrogen-bond donors (Lipinski definition) is 1. The van der Waals surface area contributed by atoms with Crippen LogP contribution in [-0.2, 0) is 0 Å². The van der Waals surface area contributed by atoms with Gasteiger partial charge in [0.05, 0.1) is 11.6 Å². The molecule has 0 fully saturated rings. The monoisotopic (exact) mass is 168 g/mol. The first kappa shape index (κ1) is 6.54. The maximum atomic E-state index is 5.77. The molecule has 5 heteroatoms. The Morgan fingerprint density at radius 1 is 1.55 bits per heavy atom. The van der Waals surface area contributed by atoms with E-state index in [2.05, 4.69) is 20.4 Å². The molecule has 2 heterocycles. The molecule has 0 amide bonds. The van der Waals surface area contributed by atoms with Crippen LogP contribution in [0, 0.1) is 6.92 Å². The fourth-order valence-electron chi connectivity index (χ4n) is 0.986. The number of aromatic amines is 1. The Morgan fingerprint density at radius 3 is 3.09 bits per heavy atom. The van der Waals surface area contributed by atoms with Crippen LogP contribution in [0.2, 0.25) is 5.15 Å². The van der Waals surface area contributed by atoms with Crippen LogP contribution in [0.4, 0.5) is 0 Å². The first-order valence-electron chi connectivity index (χ1n) is 3.11. The number of nitrogens with one attached hydrogen (secondary N) is 1. The molecule has 0 aliphatic rings. The van der Waals surface area contributed by atoms with Gasteiger partial charge in [-0.2, -0.15) is 10.2 Å². The average Bonchev–Trinajstić information content (AvgIpc) is 2.34. The molecule has 2 rings (SSSR count). The van der Waals surface area contributed by atoms with E-state index in [9.17, 15) is 0 Å². The number of aryl methyl sites for hydroxylation is 1.